The molecular weight excluding hydrogens is 200 g/mol. The van der Waals surface area contributed by atoms with Crippen LogP contribution in [0.5, 0.6) is 5.75 Å². The molecule has 2 heterocycles. The van der Waals surface area contributed by atoms with E-state index in [1.807, 2.05) is 6.20 Å². The van der Waals surface area contributed by atoms with E-state index in [4.69, 9.17) is 4.74 Å². The average molecular weight is 220 g/mol. The fraction of sp³-hybridized carbons (Fsp3) is 0.615. The lowest BCUT2D eigenvalue weighted by Gasteiger charge is -2.20. The zero-order chi connectivity index (χ0) is 11.6. The highest BCUT2D eigenvalue weighted by molar-refractivity contribution is 5.28. The fourth-order valence-electron chi connectivity index (χ4n) is 1.81. The molecule has 1 atom stereocenters. The topological polar surface area (TPSA) is 34.1 Å². The standard InChI is InChI=1S/C13H20N2O/c1-13(2,3)10-6-12(9-15-7-10)16-11-4-5-14-8-11/h6-7,9,11,14H,4-5,8H2,1-3H3/t11-/m1/s1. The summed E-state index contributed by atoms with van der Waals surface area (Å²) in [4.78, 5) is 4.25. The van der Waals surface area contributed by atoms with Crippen LogP contribution in [0.3, 0.4) is 0 Å². The first-order valence-electron chi connectivity index (χ1n) is 5.88. The van der Waals surface area contributed by atoms with Crippen molar-refractivity contribution in [1.82, 2.24) is 10.3 Å². The molecule has 1 saturated heterocycles. The molecule has 0 amide bonds. The SMILES string of the molecule is CC(C)(C)c1cncc(O[C@@H]2CCNC2)c1. The van der Waals surface area contributed by atoms with Gasteiger partial charge in [-0.1, -0.05) is 20.8 Å². The van der Waals surface area contributed by atoms with Crippen molar-refractivity contribution in [2.24, 2.45) is 0 Å². The van der Waals surface area contributed by atoms with Gasteiger partial charge >= 0.3 is 0 Å². The van der Waals surface area contributed by atoms with Crippen molar-refractivity contribution in [3.05, 3.63) is 24.0 Å². The Bertz CT molecular complexity index is 351. The maximum Gasteiger partial charge on any atom is 0.138 e. The number of hydrogen-bond donors (Lipinski definition) is 1. The summed E-state index contributed by atoms with van der Waals surface area (Å²) < 4.78 is 5.89. The van der Waals surface area contributed by atoms with Gasteiger partial charge in [0.2, 0.25) is 0 Å². The molecule has 1 aromatic rings. The second kappa shape index (κ2) is 4.42. The quantitative estimate of drug-likeness (QED) is 0.829. The minimum absolute atomic E-state index is 0.125. The summed E-state index contributed by atoms with van der Waals surface area (Å²) in [6, 6.07) is 2.10. The second-order valence-corrected chi connectivity index (χ2v) is 5.39. The van der Waals surface area contributed by atoms with E-state index in [9.17, 15) is 0 Å². The van der Waals surface area contributed by atoms with Crippen molar-refractivity contribution in [1.29, 1.82) is 0 Å². The molecule has 0 saturated carbocycles. The van der Waals surface area contributed by atoms with E-state index in [2.05, 4.69) is 37.1 Å². The molecule has 1 aliphatic rings. The van der Waals surface area contributed by atoms with Crippen LogP contribution in [0.25, 0.3) is 0 Å². The first-order chi connectivity index (χ1) is 7.55. The largest absolute Gasteiger partial charge is 0.487 e. The summed E-state index contributed by atoms with van der Waals surface area (Å²) in [5.74, 6) is 0.890. The Morgan fingerprint density at radius 1 is 1.38 bits per heavy atom. The number of ether oxygens (including phenoxy) is 1. The molecule has 1 fully saturated rings. The second-order valence-electron chi connectivity index (χ2n) is 5.39. The van der Waals surface area contributed by atoms with Gasteiger partial charge in [0, 0.05) is 12.7 Å². The number of hydrogen-bond acceptors (Lipinski definition) is 3. The van der Waals surface area contributed by atoms with Gasteiger partial charge in [-0.15, -0.1) is 0 Å². The molecule has 88 valence electrons. The molecule has 1 aromatic heterocycles. The number of aromatic nitrogens is 1. The summed E-state index contributed by atoms with van der Waals surface area (Å²) in [6.07, 6.45) is 5.10. The summed E-state index contributed by atoms with van der Waals surface area (Å²) in [5, 5.41) is 3.29. The normalized spacial score (nSPS) is 21.1. The zero-order valence-corrected chi connectivity index (χ0v) is 10.3. The van der Waals surface area contributed by atoms with Crippen molar-refractivity contribution < 1.29 is 4.74 Å². The van der Waals surface area contributed by atoms with Crippen molar-refractivity contribution in [2.75, 3.05) is 13.1 Å². The number of nitrogens with zero attached hydrogens (tertiary/aromatic N) is 1. The average Bonchev–Trinajstić information content (AvgIpc) is 2.70. The van der Waals surface area contributed by atoms with Crippen LogP contribution in [-0.4, -0.2) is 24.2 Å². The monoisotopic (exact) mass is 220 g/mol. The highest BCUT2D eigenvalue weighted by Crippen LogP contribution is 2.25. The van der Waals surface area contributed by atoms with E-state index < -0.39 is 0 Å². The van der Waals surface area contributed by atoms with Crippen LogP contribution in [0, 0.1) is 0 Å². The summed E-state index contributed by atoms with van der Waals surface area (Å²) >= 11 is 0. The van der Waals surface area contributed by atoms with E-state index in [1.165, 1.54) is 5.56 Å². The molecule has 0 aromatic carbocycles. The predicted octanol–water partition coefficient (Wildman–Crippen LogP) is 2.12. The predicted molar refractivity (Wildman–Crippen MR) is 64.8 cm³/mol. The molecule has 1 N–H and O–H groups in total. The maximum absolute atomic E-state index is 5.89. The van der Waals surface area contributed by atoms with E-state index in [0.717, 1.165) is 25.3 Å². The van der Waals surface area contributed by atoms with Crippen LogP contribution in [0.15, 0.2) is 18.5 Å². The van der Waals surface area contributed by atoms with Crippen LogP contribution < -0.4 is 10.1 Å². The van der Waals surface area contributed by atoms with E-state index >= 15 is 0 Å². The van der Waals surface area contributed by atoms with Gasteiger partial charge in [0.05, 0.1) is 6.20 Å². The summed E-state index contributed by atoms with van der Waals surface area (Å²) in [7, 11) is 0. The molecule has 2 rings (SSSR count). The highest BCUT2D eigenvalue weighted by Gasteiger charge is 2.18. The molecule has 1 aliphatic heterocycles. The third-order valence-corrected chi connectivity index (χ3v) is 2.90. The van der Waals surface area contributed by atoms with Crippen molar-refractivity contribution in [2.45, 2.75) is 38.7 Å². The van der Waals surface area contributed by atoms with Gasteiger partial charge in [0.15, 0.2) is 0 Å². The van der Waals surface area contributed by atoms with Crippen LogP contribution in [-0.2, 0) is 5.41 Å². The lowest BCUT2D eigenvalue weighted by Crippen LogP contribution is -2.20. The Morgan fingerprint density at radius 2 is 2.19 bits per heavy atom. The summed E-state index contributed by atoms with van der Waals surface area (Å²) in [5.41, 5.74) is 1.34. The van der Waals surface area contributed by atoms with Gasteiger partial charge < -0.3 is 10.1 Å². The smallest absolute Gasteiger partial charge is 0.138 e. The van der Waals surface area contributed by atoms with Gasteiger partial charge in [0.1, 0.15) is 11.9 Å². The minimum Gasteiger partial charge on any atom is -0.487 e. The molecule has 0 bridgehead atoms. The molecule has 3 heteroatoms. The maximum atomic E-state index is 5.89. The van der Waals surface area contributed by atoms with Crippen LogP contribution in [0.2, 0.25) is 0 Å². The molecule has 0 spiro atoms. The number of rotatable bonds is 2. The Balaban J connectivity index is 2.09. The first kappa shape index (κ1) is 11.4. The minimum atomic E-state index is 0.125. The van der Waals surface area contributed by atoms with E-state index in [0.29, 0.717) is 6.10 Å². The van der Waals surface area contributed by atoms with Gasteiger partial charge in [-0.2, -0.15) is 0 Å². The van der Waals surface area contributed by atoms with Gasteiger partial charge in [-0.25, -0.2) is 0 Å². The molecule has 3 nitrogen and oxygen atoms in total. The molecule has 16 heavy (non-hydrogen) atoms. The molecule has 0 aliphatic carbocycles. The van der Waals surface area contributed by atoms with Gasteiger partial charge in [-0.3, -0.25) is 4.98 Å². The van der Waals surface area contributed by atoms with Crippen LogP contribution in [0.1, 0.15) is 32.8 Å². The Hall–Kier alpha value is -1.09. The van der Waals surface area contributed by atoms with Gasteiger partial charge in [-0.05, 0) is 30.0 Å². The summed E-state index contributed by atoms with van der Waals surface area (Å²) in [6.45, 7) is 8.55. The number of nitrogens with one attached hydrogen (secondary N) is 1. The van der Waals surface area contributed by atoms with Gasteiger partial charge in [0.25, 0.3) is 0 Å². The lowest BCUT2D eigenvalue weighted by atomic mass is 9.88. The van der Waals surface area contributed by atoms with Crippen molar-refractivity contribution in [3.63, 3.8) is 0 Å². The Kier molecular flexibility index (Phi) is 3.15. The van der Waals surface area contributed by atoms with E-state index in [-0.39, 0.29) is 5.41 Å². The van der Waals surface area contributed by atoms with Crippen molar-refractivity contribution >= 4 is 0 Å². The lowest BCUT2D eigenvalue weighted by molar-refractivity contribution is 0.221. The van der Waals surface area contributed by atoms with Crippen LogP contribution >= 0.6 is 0 Å². The molecule has 0 unspecified atom stereocenters. The third-order valence-electron chi connectivity index (χ3n) is 2.90. The molecular formula is C13H20N2O. The fourth-order valence-corrected chi connectivity index (χ4v) is 1.81. The van der Waals surface area contributed by atoms with E-state index in [1.54, 1.807) is 6.20 Å². The Morgan fingerprint density at radius 3 is 2.81 bits per heavy atom. The molecule has 0 radical (unpaired) electrons. The highest BCUT2D eigenvalue weighted by atomic mass is 16.5. The Labute approximate surface area is 97.2 Å². The first-order valence-corrected chi connectivity index (χ1v) is 5.88. The third kappa shape index (κ3) is 2.73. The van der Waals surface area contributed by atoms with Crippen molar-refractivity contribution in [3.8, 4) is 5.75 Å². The zero-order valence-electron chi connectivity index (χ0n) is 10.3. The van der Waals surface area contributed by atoms with Crippen LogP contribution in [0.4, 0.5) is 0 Å². The number of pyridine rings is 1.